The Morgan fingerprint density at radius 2 is 1.88 bits per heavy atom. The molecule has 26 heavy (non-hydrogen) atoms. The third-order valence-electron chi connectivity index (χ3n) is 4.58. The van der Waals surface area contributed by atoms with E-state index in [1.165, 1.54) is 0 Å². The van der Waals surface area contributed by atoms with Gasteiger partial charge in [-0.2, -0.15) is 0 Å². The number of fused-ring (bicyclic) bond motifs is 2. The van der Waals surface area contributed by atoms with Crippen LogP contribution in [0.4, 0.5) is 0 Å². The Kier molecular flexibility index (Phi) is 5.31. The van der Waals surface area contributed by atoms with Gasteiger partial charge < -0.3 is 15.3 Å². The summed E-state index contributed by atoms with van der Waals surface area (Å²) in [4.78, 5) is 11.9. The summed E-state index contributed by atoms with van der Waals surface area (Å²) in [6, 6.07) is 13.4. The maximum Gasteiger partial charge on any atom is 3.00 e. The van der Waals surface area contributed by atoms with Crippen molar-refractivity contribution in [1.82, 2.24) is 0 Å². The number of carbonyl (C=O) groups excluding carboxylic acids is 1. The van der Waals surface area contributed by atoms with Gasteiger partial charge in [0, 0.05) is 22.3 Å². The molecule has 0 saturated carbocycles. The Balaban J connectivity index is 0.00000196. The van der Waals surface area contributed by atoms with Crippen molar-refractivity contribution in [1.29, 1.82) is 0 Å². The van der Waals surface area contributed by atoms with Gasteiger partial charge in [-0.25, -0.2) is 0 Å². The number of hydrogen-bond acceptors (Lipinski definition) is 2. The van der Waals surface area contributed by atoms with Crippen molar-refractivity contribution in [3.8, 4) is 5.75 Å². The third kappa shape index (κ3) is 3.22. The number of rotatable bonds is 2. The summed E-state index contributed by atoms with van der Waals surface area (Å²) >= 11 is 0. The van der Waals surface area contributed by atoms with Crippen LogP contribution in [-0.4, -0.2) is 5.91 Å². The van der Waals surface area contributed by atoms with Crippen molar-refractivity contribution in [3.05, 3.63) is 100 Å². The van der Waals surface area contributed by atoms with E-state index < -0.39 is 5.91 Å². The maximum absolute atomic E-state index is 11.9. The first-order valence-electron chi connectivity index (χ1n) is 8.33. The van der Waals surface area contributed by atoms with E-state index in [-0.39, 0.29) is 32.7 Å². The van der Waals surface area contributed by atoms with Crippen LogP contribution in [0.1, 0.15) is 34.0 Å². The molecule has 3 nitrogen and oxygen atoms in total. The Bertz CT molecular complexity index is 985. The van der Waals surface area contributed by atoms with Crippen LogP contribution in [0.5, 0.6) is 5.75 Å². The molecule has 2 aromatic rings. The molecule has 1 unspecified atom stereocenters. The van der Waals surface area contributed by atoms with E-state index in [0.717, 1.165) is 39.3 Å². The smallest absolute Gasteiger partial charge is 0.664 e. The van der Waals surface area contributed by atoms with Crippen molar-refractivity contribution >= 4 is 11.5 Å². The number of carbonyl (C=O) groups is 1. The molecule has 4 heteroatoms. The van der Waals surface area contributed by atoms with Gasteiger partial charge in [0.2, 0.25) is 0 Å². The van der Waals surface area contributed by atoms with Crippen molar-refractivity contribution in [2.75, 3.05) is 0 Å². The molecule has 1 atom stereocenters. The summed E-state index contributed by atoms with van der Waals surface area (Å²) in [6.45, 7) is 4.14. The molecule has 0 spiro atoms. The van der Waals surface area contributed by atoms with E-state index in [2.05, 4.69) is 25.2 Å². The normalized spacial score (nSPS) is 17.5. The van der Waals surface area contributed by atoms with Crippen molar-refractivity contribution in [3.63, 3.8) is 0 Å². The molecule has 1 heterocycles. The van der Waals surface area contributed by atoms with Gasteiger partial charge in [0.25, 0.3) is 0 Å². The molecule has 0 aromatic heterocycles. The minimum Gasteiger partial charge on any atom is -0.664 e. The van der Waals surface area contributed by atoms with Crippen LogP contribution in [0, 0.1) is 12.8 Å². The van der Waals surface area contributed by atoms with Crippen LogP contribution in [0.3, 0.4) is 0 Å². The van der Waals surface area contributed by atoms with Gasteiger partial charge in [0.15, 0.2) is 0 Å². The largest absolute Gasteiger partial charge is 3.00 e. The number of ether oxygens (including phenoxy) is 1. The van der Waals surface area contributed by atoms with Gasteiger partial charge in [0.05, 0.1) is 5.91 Å². The first-order valence-corrected chi connectivity index (χ1v) is 8.33. The van der Waals surface area contributed by atoms with E-state index in [4.69, 9.17) is 10.5 Å². The second kappa shape index (κ2) is 7.34. The number of amides is 1. The molecule has 0 bridgehead atoms. The number of hydrogen-bond donors (Lipinski definition) is 0. The summed E-state index contributed by atoms with van der Waals surface area (Å²) < 4.78 is 6.16. The standard InChI is InChI=1S/C22H19NO2.Y/c1-13-7-9-17-19(11-13)25-20-12-14(2)8-10-18(20)21(17)15-5-3-4-6-16(15)22(23)24;/h3-13H,1-2H3,(H2,23,24);/q;+3/p-1. The van der Waals surface area contributed by atoms with E-state index in [0.29, 0.717) is 11.5 Å². The molecular weight excluding hydrogens is 399 g/mol. The number of nitrogens with one attached hydrogen (secondary N) is 1. The first-order chi connectivity index (χ1) is 12.0. The van der Waals surface area contributed by atoms with Gasteiger partial charge in [-0.3, -0.25) is 0 Å². The fraction of sp³-hybridized carbons (Fsp3) is 0.136. The molecule has 1 N–H and O–H groups in total. The van der Waals surface area contributed by atoms with Crippen LogP contribution in [-0.2, 0) is 32.7 Å². The first kappa shape index (κ1) is 18.8. The van der Waals surface area contributed by atoms with Crippen molar-refractivity contribution in [2.45, 2.75) is 13.8 Å². The minimum atomic E-state index is -0.678. The SMILES string of the molecule is Cc1ccc2c(c1)OC1=CC(C)C=CC1=C2c1ccccc1C([NH-])=O.[Y+3]. The fourth-order valence-electron chi connectivity index (χ4n) is 3.38. The van der Waals surface area contributed by atoms with Gasteiger partial charge in [-0.05, 0) is 36.1 Å². The molecule has 0 radical (unpaired) electrons. The van der Waals surface area contributed by atoms with E-state index >= 15 is 0 Å². The summed E-state index contributed by atoms with van der Waals surface area (Å²) in [5, 5.41) is 0. The quantitative estimate of drug-likeness (QED) is 0.651. The molecule has 1 aliphatic heterocycles. The predicted molar refractivity (Wildman–Crippen MR) is 99.3 cm³/mol. The van der Waals surface area contributed by atoms with Gasteiger partial charge in [-0.15, -0.1) is 0 Å². The molecule has 124 valence electrons. The molecule has 2 aromatic carbocycles. The average Bonchev–Trinajstić information content (AvgIpc) is 2.59. The number of benzene rings is 2. The average molecular weight is 417 g/mol. The van der Waals surface area contributed by atoms with E-state index in [1.807, 2.05) is 37.3 Å². The molecule has 2 aliphatic rings. The summed E-state index contributed by atoms with van der Waals surface area (Å²) in [5.41, 5.74) is 12.8. The molecule has 0 saturated heterocycles. The van der Waals surface area contributed by atoms with E-state index in [9.17, 15) is 4.79 Å². The minimum absolute atomic E-state index is 0. The van der Waals surface area contributed by atoms with E-state index in [1.54, 1.807) is 12.1 Å². The van der Waals surface area contributed by atoms with Crippen LogP contribution in [0.2, 0.25) is 0 Å². The van der Waals surface area contributed by atoms with Crippen LogP contribution in [0.15, 0.2) is 72.0 Å². The molecule has 1 amide bonds. The van der Waals surface area contributed by atoms with Crippen LogP contribution in [0.25, 0.3) is 11.3 Å². The second-order valence-corrected chi connectivity index (χ2v) is 6.51. The summed E-state index contributed by atoms with van der Waals surface area (Å²) in [5.74, 6) is 1.22. The molecule has 0 fully saturated rings. The second-order valence-electron chi connectivity index (χ2n) is 6.51. The summed E-state index contributed by atoms with van der Waals surface area (Å²) in [7, 11) is 0. The number of aryl methyl sites for hydroxylation is 1. The van der Waals surface area contributed by atoms with Gasteiger partial charge in [-0.1, -0.05) is 55.5 Å². The molecule has 1 aliphatic carbocycles. The van der Waals surface area contributed by atoms with Crippen molar-refractivity contribution in [2.24, 2.45) is 5.92 Å². The monoisotopic (exact) mass is 417 g/mol. The third-order valence-corrected chi connectivity index (χ3v) is 4.58. The molecular formula is C22H18NO2Y+2. The Labute approximate surface area is 178 Å². The maximum atomic E-state index is 11.9. The number of allylic oxidation sites excluding steroid dienone is 3. The zero-order chi connectivity index (χ0) is 17.6. The summed E-state index contributed by atoms with van der Waals surface area (Å²) in [6.07, 6.45) is 6.27. The fourth-order valence-corrected chi connectivity index (χ4v) is 3.38. The zero-order valence-electron chi connectivity index (χ0n) is 14.7. The van der Waals surface area contributed by atoms with Crippen LogP contribution < -0.4 is 4.74 Å². The predicted octanol–water partition coefficient (Wildman–Crippen LogP) is 5.47. The zero-order valence-corrected chi connectivity index (χ0v) is 17.6. The topological polar surface area (TPSA) is 50.1 Å². The Morgan fingerprint density at radius 1 is 1.12 bits per heavy atom. The van der Waals surface area contributed by atoms with Crippen molar-refractivity contribution < 1.29 is 42.2 Å². The van der Waals surface area contributed by atoms with Crippen LogP contribution >= 0.6 is 0 Å². The van der Waals surface area contributed by atoms with Gasteiger partial charge >= 0.3 is 32.7 Å². The Morgan fingerprint density at radius 3 is 2.65 bits per heavy atom. The van der Waals surface area contributed by atoms with Gasteiger partial charge in [0.1, 0.15) is 11.5 Å². The molecule has 4 rings (SSSR count). The Hall–Kier alpha value is -1.97.